The van der Waals surface area contributed by atoms with Gasteiger partial charge in [-0.25, -0.2) is 0 Å². The first-order chi connectivity index (χ1) is 11.6. The van der Waals surface area contributed by atoms with Crippen LogP contribution in [0, 0.1) is 11.3 Å². The van der Waals surface area contributed by atoms with E-state index in [2.05, 4.69) is 11.0 Å². The lowest BCUT2D eigenvalue weighted by Gasteiger charge is -2.37. The Kier molecular flexibility index (Phi) is 6.44. The van der Waals surface area contributed by atoms with Crippen LogP contribution in [-0.4, -0.2) is 45.3 Å². The van der Waals surface area contributed by atoms with Crippen molar-refractivity contribution in [1.29, 1.82) is 5.26 Å². The van der Waals surface area contributed by atoms with Crippen molar-refractivity contribution >= 4 is 5.97 Å². The first-order valence-corrected chi connectivity index (χ1v) is 8.07. The van der Waals surface area contributed by atoms with Crippen molar-refractivity contribution in [3.8, 4) is 17.6 Å². The average molecular weight is 332 g/mol. The van der Waals surface area contributed by atoms with Crippen molar-refractivity contribution in [3.63, 3.8) is 0 Å². The lowest BCUT2D eigenvalue weighted by molar-refractivity contribution is -0.142. The molecule has 24 heavy (non-hydrogen) atoms. The summed E-state index contributed by atoms with van der Waals surface area (Å²) >= 11 is 0. The first kappa shape index (κ1) is 18.1. The van der Waals surface area contributed by atoms with Gasteiger partial charge in [0.1, 0.15) is 0 Å². The number of carbonyl (C=O) groups excluding carboxylic acids is 1. The van der Waals surface area contributed by atoms with Gasteiger partial charge in [0.2, 0.25) is 0 Å². The number of fused-ring (bicyclic) bond motifs is 1. The highest BCUT2D eigenvalue weighted by Crippen LogP contribution is 2.39. The van der Waals surface area contributed by atoms with Crippen LogP contribution >= 0.6 is 0 Å². The maximum Gasteiger partial charge on any atom is 0.307 e. The fraction of sp³-hybridized carbons (Fsp3) is 0.556. The van der Waals surface area contributed by atoms with Crippen LogP contribution in [-0.2, 0) is 16.0 Å². The zero-order valence-corrected chi connectivity index (χ0v) is 14.5. The quantitative estimate of drug-likeness (QED) is 0.564. The number of esters is 1. The molecule has 6 nitrogen and oxygen atoms in total. The smallest absolute Gasteiger partial charge is 0.307 e. The highest BCUT2D eigenvalue weighted by molar-refractivity contribution is 5.70. The Balaban J connectivity index is 2.34. The van der Waals surface area contributed by atoms with Crippen molar-refractivity contribution in [3.05, 3.63) is 23.3 Å². The van der Waals surface area contributed by atoms with Gasteiger partial charge in [0.05, 0.1) is 33.8 Å². The van der Waals surface area contributed by atoms with E-state index in [0.29, 0.717) is 17.9 Å². The highest BCUT2D eigenvalue weighted by Gasteiger charge is 2.30. The summed E-state index contributed by atoms with van der Waals surface area (Å²) in [5.41, 5.74) is 2.24. The molecule has 1 unspecified atom stereocenters. The fourth-order valence-corrected chi connectivity index (χ4v) is 3.19. The second-order valence-corrected chi connectivity index (χ2v) is 5.75. The molecule has 2 rings (SSSR count). The number of rotatable bonds is 7. The summed E-state index contributed by atoms with van der Waals surface area (Å²) in [5.74, 6) is 1.11. The van der Waals surface area contributed by atoms with Crippen LogP contribution in [0.3, 0.4) is 0 Å². The minimum absolute atomic E-state index is 0.0697. The van der Waals surface area contributed by atoms with E-state index in [-0.39, 0.29) is 18.4 Å². The summed E-state index contributed by atoms with van der Waals surface area (Å²) in [7, 11) is 4.63. The Labute approximate surface area is 142 Å². The lowest BCUT2D eigenvalue weighted by atomic mass is 9.89. The maximum absolute atomic E-state index is 11.9. The second kappa shape index (κ2) is 8.55. The molecular formula is C18H24N2O4. The van der Waals surface area contributed by atoms with Crippen LogP contribution < -0.4 is 9.47 Å². The van der Waals surface area contributed by atoms with Gasteiger partial charge in [-0.05, 0) is 42.6 Å². The van der Waals surface area contributed by atoms with E-state index in [1.165, 1.54) is 7.11 Å². The minimum Gasteiger partial charge on any atom is -0.493 e. The van der Waals surface area contributed by atoms with Gasteiger partial charge in [0, 0.05) is 19.0 Å². The van der Waals surface area contributed by atoms with Crippen molar-refractivity contribution in [1.82, 2.24) is 4.90 Å². The van der Waals surface area contributed by atoms with Crippen molar-refractivity contribution in [2.45, 2.75) is 31.7 Å². The van der Waals surface area contributed by atoms with Gasteiger partial charge in [-0.15, -0.1) is 0 Å². The fourth-order valence-electron chi connectivity index (χ4n) is 3.19. The molecule has 0 aromatic heterocycles. The normalized spacial score (nSPS) is 16.8. The molecule has 1 aromatic carbocycles. The van der Waals surface area contributed by atoms with Gasteiger partial charge in [0.25, 0.3) is 0 Å². The standard InChI is InChI=1S/C18H24N2O4/c1-22-16-10-13-6-9-20(8-5-4-7-19)15(12-18(21)24-3)14(13)11-17(16)23-2/h10-11,15H,4-6,8-9,12H2,1-3H3. The van der Waals surface area contributed by atoms with E-state index in [0.717, 1.165) is 37.1 Å². The molecule has 0 saturated heterocycles. The molecule has 1 heterocycles. The minimum atomic E-state index is -0.243. The molecule has 0 bridgehead atoms. The van der Waals surface area contributed by atoms with Crippen LogP contribution in [0.25, 0.3) is 0 Å². The molecule has 1 aliphatic rings. The number of hydrogen-bond acceptors (Lipinski definition) is 6. The first-order valence-electron chi connectivity index (χ1n) is 8.07. The Morgan fingerprint density at radius 2 is 2.00 bits per heavy atom. The van der Waals surface area contributed by atoms with Crippen LogP contribution in [0.15, 0.2) is 12.1 Å². The topological polar surface area (TPSA) is 71.8 Å². The van der Waals surface area contributed by atoms with E-state index >= 15 is 0 Å². The molecule has 0 aliphatic carbocycles. The predicted molar refractivity (Wildman–Crippen MR) is 89.0 cm³/mol. The number of unbranched alkanes of at least 4 members (excludes halogenated alkanes) is 1. The van der Waals surface area contributed by atoms with Gasteiger partial charge in [-0.2, -0.15) is 5.26 Å². The molecule has 6 heteroatoms. The zero-order chi connectivity index (χ0) is 17.5. The number of nitriles is 1. The SMILES string of the molecule is COC(=O)CC1c2cc(OC)c(OC)cc2CCN1CCCC#N. The monoisotopic (exact) mass is 332 g/mol. The van der Waals surface area contributed by atoms with Gasteiger partial charge < -0.3 is 14.2 Å². The molecule has 1 aliphatic heterocycles. The van der Waals surface area contributed by atoms with Crippen LogP contribution in [0.5, 0.6) is 11.5 Å². The van der Waals surface area contributed by atoms with E-state index in [9.17, 15) is 4.79 Å². The molecule has 0 fully saturated rings. The summed E-state index contributed by atoms with van der Waals surface area (Å²) in [5, 5.41) is 8.76. The average Bonchev–Trinajstić information content (AvgIpc) is 2.62. The molecule has 0 spiro atoms. The number of benzene rings is 1. The molecule has 1 aromatic rings. The highest BCUT2D eigenvalue weighted by atomic mass is 16.5. The number of carbonyl (C=O) groups is 1. The zero-order valence-electron chi connectivity index (χ0n) is 14.5. The summed E-state index contributed by atoms with van der Waals surface area (Å²) in [6.07, 6.45) is 2.46. The number of nitrogens with zero attached hydrogens (tertiary/aromatic N) is 2. The third-order valence-electron chi connectivity index (χ3n) is 4.44. The Morgan fingerprint density at radius 1 is 1.29 bits per heavy atom. The number of methoxy groups -OCH3 is 3. The van der Waals surface area contributed by atoms with Crippen LogP contribution in [0.2, 0.25) is 0 Å². The largest absolute Gasteiger partial charge is 0.493 e. The Hall–Kier alpha value is -2.26. The van der Waals surface area contributed by atoms with E-state index < -0.39 is 0 Å². The van der Waals surface area contributed by atoms with Gasteiger partial charge in [0.15, 0.2) is 11.5 Å². The molecular weight excluding hydrogens is 308 g/mol. The van der Waals surface area contributed by atoms with Crippen molar-refractivity contribution < 1.29 is 19.0 Å². The molecule has 0 N–H and O–H groups in total. The van der Waals surface area contributed by atoms with Crippen LogP contribution in [0.4, 0.5) is 0 Å². The third kappa shape index (κ3) is 3.98. The maximum atomic E-state index is 11.9. The van der Waals surface area contributed by atoms with Crippen molar-refractivity contribution in [2.24, 2.45) is 0 Å². The molecule has 0 amide bonds. The van der Waals surface area contributed by atoms with Gasteiger partial charge in [-0.3, -0.25) is 9.69 Å². The van der Waals surface area contributed by atoms with Crippen LogP contribution in [0.1, 0.15) is 36.4 Å². The second-order valence-electron chi connectivity index (χ2n) is 5.75. The van der Waals surface area contributed by atoms with Crippen molar-refractivity contribution in [2.75, 3.05) is 34.4 Å². The predicted octanol–water partition coefficient (Wildman–Crippen LogP) is 2.47. The van der Waals surface area contributed by atoms with E-state index in [4.69, 9.17) is 19.5 Å². The summed E-state index contributed by atoms with van der Waals surface area (Å²) in [6.45, 7) is 1.62. The molecule has 0 saturated carbocycles. The molecule has 1 atom stereocenters. The van der Waals surface area contributed by atoms with E-state index in [1.54, 1.807) is 14.2 Å². The summed E-state index contributed by atoms with van der Waals surface area (Å²) < 4.78 is 15.7. The Morgan fingerprint density at radius 3 is 2.62 bits per heavy atom. The number of ether oxygens (including phenoxy) is 3. The van der Waals surface area contributed by atoms with E-state index in [1.807, 2.05) is 12.1 Å². The molecule has 0 radical (unpaired) electrons. The van der Waals surface area contributed by atoms with Gasteiger partial charge >= 0.3 is 5.97 Å². The lowest BCUT2D eigenvalue weighted by Crippen LogP contribution is -2.37. The number of hydrogen-bond donors (Lipinski definition) is 0. The Bertz CT molecular complexity index is 624. The third-order valence-corrected chi connectivity index (χ3v) is 4.44. The van der Waals surface area contributed by atoms with Gasteiger partial charge in [-0.1, -0.05) is 0 Å². The summed E-state index contributed by atoms with van der Waals surface area (Å²) in [4.78, 5) is 14.1. The summed E-state index contributed by atoms with van der Waals surface area (Å²) in [6, 6.07) is 6.05. The molecule has 130 valence electrons.